The quantitative estimate of drug-likeness (QED) is 0.657. The fourth-order valence-corrected chi connectivity index (χ4v) is 2.39. The topological polar surface area (TPSA) is 55.1 Å². The van der Waals surface area contributed by atoms with Gasteiger partial charge in [0, 0.05) is 31.5 Å². The molecule has 0 aliphatic carbocycles. The second kappa shape index (κ2) is 6.10. The van der Waals surface area contributed by atoms with Crippen LogP contribution in [-0.2, 0) is 4.74 Å². The number of hydrogen-bond acceptors (Lipinski definition) is 4. The van der Waals surface area contributed by atoms with Crippen LogP contribution >= 0.6 is 0 Å². The van der Waals surface area contributed by atoms with E-state index < -0.39 is 0 Å². The van der Waals surface area contributed by atoms with Crippen LogP contribution in [0.1, 0.15) is 48.8 Å². The Morgan fingerprint density at radius 1 is 1.47 bits per heavy atom. The van der Waals surface area contributed by atoms with Gasteiger partial charge in [0.25, 0.3) is 0 Å². The largest absolute Gasteiger partial charge is 0.455 e. The summed E-state index contributed by atoms with van der Waals surface area (Å²) in [5.74, 6) is -0.279. The first kappa shape index (κ1) is 13.9. The number of nitrogens with one attached hydrogen (secondary N) is 1. The molecule has 19 heavy (non-hydrogen) atoms. The van der Waals surface area contributed by atoms with Gasteiger partial charge in [-0.2, -0.15) is 0 Å². The number of hydrogen-bond donors (Lipinski definition) is 1. The van der Waals surface area contributed by atoms with E-state index in [0.717, 1.165) is 31.5 Å². The van der Waals surface area contributed by atoms with Gasteiger partial charge < -0.3 is 10.1 Å². The van der Waals surface area contributed by atoms with Crippen molar-refractivity contribution in [3.05, 3.63) is 23.5 Å². The molecule has 1 saturated heterocycles. The molecular formula is C14H22N3O2+. The van der Waals surface area contributed by atoms with Crippen molar-refractivity contribution in [2.24, 2.45) is 0 Å². The summed E-state index contributed by atoms with van der Waals surface area (Å²) in [6.45, 7) is 7.57. The standard InChI is InChI=1S/C14H22N3O2/c1-10(2)19-14(18)13-11(3)4-9-16-17(13)12-5-7-15-8-6-12/h4,9-10,12,15H,5-8H2,1-3H3/q+1. The average Bonchev–Trinajstić information content (AvgIpc) is 2.38. The SMILES string of the molecule is Cc1ccn[n+](C2CCNCC2)c1C(=O)OC(C)C. The number of aryl methyl sites for hydroxylation is 1. The second-order valence-corrected chi connectivity index (χ2v) is 5.24. The molecule has 2 rings (SSSR count). The number of piperidine rings is 1. The van der Waals surface area contributed by atoms with Gasteiger partial charge in [-0.1, -0.05) is 4.68 Å². The molecule has 0 bridgehead atoms. The van der Waals surface area contributed by atoms with E-state index in [1.807, 2.05) is 31.5 Å². The maximum Gasteiger partial charge on any atom is 0.406 e. The molecule has 1 N–H and O–H groups in total. The first-order valence-corrected chi connectivity index (χ1v) is 6.88. The molecular weight excluding hydrogens is 242 g/mol. The third kappa shape index (κ3) is 3.29. The highest BCUT2D eigenvalue weighted by atomic mass is 16.5. The number of esters is 1. The van der Waals surface area contributed by atoms with E-state index in [1.165, 1.54) is 0 Å². The monoisotopic (exact) mass is 264 g/mol. The predicted molar refractivity (Wildman–Crippen MR) is 70.9 cm³/mol. The van der Waals surface area contributed by atoms with Crippen molar-refractivity contribution in [3.8, 4) is 0 Å². The Bertz CT molecular complexity index is 454. The number of ether oxygens (including phenoxy) is 1. The normalized spacial score (nSPS) is 16.6. The van der Waals surface area contributed by atoms with Gasteiger partial charge in [-0.15, -0.1) is 0 Å². The van der Waals surface area contributed by atoms with E-state index >= 15 is 0 Å². The van der Waals surface area contributed by atoms with E-state index in [0.29, 0.717) is 5.69 Å². The van der Waals surface area contributed by atoms with Crippen LogP contribution in [0.25, 0.3) is 0 Å². The van der Waals surface area contributed by atoms with Gasteiger partial charge in [-0.05, 0) is 31.9 Å². The Kier molecular flexibility index (Phi) is 4.47. The minimum atomic E-state index is -0.279. The van der Waals surface area contributed by atoms with Gasteiger partial charge in [-0.3, -0.25) is 0 Å². The Morgan fingerprint density at radius 3 is 2.79 bits per heavy atom. The van der Waals surface area contributed by atoms with E-state index in [1.54, 1.807) is 6.20 Å². The van der Waals surface area contributed by atoms with Crippen molar-refractivity contribution in [3.63, 3.8) is 0 Å². The van der Waals surface area contributed by atoms with E-state index in [2.05, 4.69) is 10.4 Å². The van der Waals surface area contributed by atoms with Crippen LogP contribution in [0.2, 0.25) is 0 Å². The minimum Gasteiger partial charge on any atom is -0.455 e. The van der Waals surface area contributed by atoms with Crippen LogP contribution in [0, 0.1) is 6.92 Å². The molecule has 1 aromatic rings. The van der Waals surface area contributed by atoms with Gasteiger partial charge in [0.05, 0.1) is 12.3 Å². The van der Waals surface area contributed by atoms with Crippen LogP contribution in [0.15, 0.2) is 12.3 Å². The van der Waals surface area contributed by atoms with Crippen molar-refractivity contribution in [2.45, 2.75) is 45.8 Å². The summed E-state index contributed by atoms with van der Waals surface area (Å²) in [5, 5.41) is 7.70. The molecule has 1 fully saturated rings. The minimum absolute atomic E-state index is 0.117. The number of nitrogens with zero attached hydrogens (tertiary/aromatic N) is 2. The van der Waals surface area contributed by atoms with Crippen LogP contribution in [0.3, 0.4) is 0 Å². The van der Waals surface area contributed by atoms with Crippen LogP contribution in [0.4, 0.5) is 0 Å². The lowest BCUT2D eigenvalue weighted by atomic mass is 10.1. The molecule has 0 radical (unpaired) electrons. The molecule has 5 nitrogen and oxygen atoms in total. The average molecular weight is 264 g/mol. The van der Waals surface area contributed by atoms with Crippen molar-refractivity contribution in [1.29, 1.82) is 0 Å². The summed E-state index contributed by atoms with van der Waals surface area (Å²) < 4.78 is 7.18. The van der Waals surface area contributed by atoms with E-state index in [-0.39, 0.29) is 18.1 Å². The van der Waals surface area contributed by atoms with Crippen molar-refractivity contribution in [2.75, 3.05) is 13.1 Å². The van der Waals surface area contributed by atoms with E-state index in [4.69, 9.17) is 4.74 Å². The molecule has 0 spiro atoms. The molecule has 0 amide bonds. The summed E-state index contributed by atoms with van der Waals surface area (Å²) in [6.07, 6.45) is 3.61. The highest BCUT2D eigenvalue weighted by Gasteiger charge is 2.33. The molecule has 1 aliphatic rings. The Balaban J connectivity index is 2.32. The van der Waals surface area contributed by atoms with Crippen LogP contribution in [-0.4, -0.2) is 30.3 Å². The lowest BCUT2D eigenvalue weighted by Gasteiger charge is -2.18. The molecule has 0 unspecified atom stereocenters. The van der Waals surface area contributed by atoms with Gasteiger partial charge >= 0.3 is 11.7 Å². The van der Waals surface area contributed by atoms with Gasteiger partial charge in [0.1, 0.15) is 0 Å². The molecule has 5 heteroatoms. The fourth-order valence-electron chi connectivity index (χ4n) is 2.39. The van der Waals surface area contributed by atoms with Crippen molar-refractivity contribution >= 4 is 5.97 Å². The summed E-state index contributed by atoms with van der Waals surface area (Å²) in [7, 11) is 0. The molecule has 0 saturated carbocycles. The zero-order chi connectivity index (χ0) is 13.8. The van der Waals surface area contributed by atoms with Crippen LogP contribution < -0.4 is 10.00 Å². The molecule has 1 aromatic heterocycles. The lowest BCUT2D eigenvalue weighted by molar-refractivity contribution is -0.781. The second-order valence-electron chi connectivity index (χ2n) is 5.24. The summed E-state index contributed by atoms with van der Waals surface area (Å²) in [5.41, 5.74) is 1.50. The maximum atomic E-state index is 12.2. The number of carbonyl (C=O) groups is 1. The number of carbonyl (C=O) groups excluding carboxylic acids is 1. The van der Waals surface area contributed by atoms with Gasteiger partial charge in [0.15, 0.2) is 6.04 Å². The Labute approximate surface area is 114 Å². The Hall–Kier alpha value is -1.49. The smallest absolute Gasteiger partial charge is 0.406 e. The molecule has 104 valence electrons. The molecule has 2 heterocycles. The first-order chi connectivity index (χ1) is 9.09. The van der Waals surface area contributed by atoms with Crippen molar-refractivity contribution < 1.29 is 14.2 Å². The highest BCUT2D eigenvalue weighted by Crippen LogP contribution is 2.14. The van der Waals surface area contributed by atoms with Gasteiger partial charge in [-0.25, -0.2) is 4.79 Å². The third-order valence-corrected chi connectivity index (χ3v) is 3.31. The zero-order valence-electron chi connectivity index (χ0n) is 11.8. The summed E-state index contributed by atoms with van der Waals surface area (Å²) >= 11 is 0. The van der Waals surface area contributed by atoms with Gasteiger partial charge in [0.2, 0.25) is 0 Å². The van der Waals surface area contributed by atoms with E-state index in [9.17, 15) is 4.79 Å². The zero-order valence-corrected chi connectivity index (χ0v) is 11.8. The van der Waals surface area contributed by atoms with Crippen LogP contribution in [0.5, 0.6) is 0 Å². The van der Waals surface area contributed by atoms with Crippen molar-refractivity contribution in [1.82, 2.24) is 10.4 Å². The maximum absolute atomic E-state index is 12.2. The molecule has 0 aromatic carbocycles. The molecule has 1 aliphatic heterocycles. The molecule has 0 atom stereocenters. The Morgan fingerprint density at radius 2 is 2.16 bits per heavy atom. The summed E-state index contributed by atoms with van der Waals surface area (Å²) in [6, 6.07) is 2.13. The predicted octanol–water partition coefficient (Wildman–Crippen LogP) is 1.17. The number of rotatable bonds is 3. The third-order valence-electron chi connectivity index (χ3n) is 3.31. The highest BCUT2D eigenvalue weighted by molar-refractivity contribution is 5.87. The summed E-state index contributed by atoms with van der Waals surface area (Å²) in [4.78, 5) is 12.2. The lowest BCUT2D eigenvalue weighted by Crippen LogP contribution is -2.52. The number of aromatic nitrogens is 2. The fraction of sp³-hybridized carbons (Fsp3) is 0.643. The first-order valence-electron chi connectivity index (χ1n) is 6.88.